The standard InChI is InChI=1S/C38H26N4.C2H6/c1-24(40-30-8-3-2-4-9-30)25-12-14-26(15-13-25)31-10-5-11-35-36(31)32-23-29(19-21-34(32)41-35)33-20-18-28-17-16-27-7-6-22-39-37(27)38(28)42-33;1-2/h2-23,41H,1H3;1-2H3. The van der Waals surface area contributed by atoms with E-state index in [1.165, 1.54) is 21.9 Å². The maximum absolute atomic E-state index is 5.10. The average molecular weight is 569 g/mol. The van der Waals surface area contributed by atoms with Crippen LogP contribution in [0, 0.1) is 0 Å². The predicted molar refractivity (Wildman–Crippen MR) is 187 cm³/mol. The Hall–Kier alpha value is -5.61. The number of benzene rings is 5. The number of para-hydroxylation sites is 1. The summed E-state index contributed by atoms with van der Waals surface area (Å²) < 4.78 is 0. The summed E-state index contributed by atoms with van der Waals surface area (Å²) in [6.45, 7) is 6.06. The minimum Gasteiger partial charge on any atom is -0.354 e. The minimum absolute atomic E-state index is 0.927. The molecule has 8 aromatic rings. The molecule has 4 nitrogen and oxygen atoms in total. The topological polar surface area (TPSA) is 53.9 Å². The van der Waals surface area contributed by atoms with E-state index in [9.17, 15) is 0 Å². The molecule has 212 valence electrons. The molecule has 0 aliphatic heterocycles. The average Bonchev–Trinajstić information content (AvgIpc) is 3.48. The van der Waals surface area contributed by atoms with Crippen molar-refractivity contribution in [3.8, 4) is 22.4 Å². The highest BCUT2D eigenvalue weighted by Gasteiger charge is 2.13. The van der Waals surface area contributed by atoms with Gasteiger partial charge in [0.2, 0.25) is 0 Å². The van der Waals surface area contributed by atoms with Crippen molar-refractivity contribution in [2.75, 3.05) is 0 Å². The maximum atomic E-state index is 5.10. The Bertz CT molecular complexity index is 2300. The summed E-state index contributed by atoms with van der Waals surface area (Å²) in [4.78, 5) is 18.2. The number of aliphatic imine (C=N–C) groups is 1. The molecular weight excluding hydrogens is 536 g/mol. The molecule has 44 heavy (non-hydrogen) atoms. The Labute approximate surface area is 256 Å². The molecule has 0 saturated carbocycles. The Morgan fingerprint density at radius 1 is 0.636 bits per heavy atom. The van der Waals surface area contributed by atoms with Crippen LogP contribution in [0.15, 0.2) is 139 Å². The van der Waals surface area contributed by atoms with Crippen molar-refractivity contribution in [1.29, 1.82) is 0 Å². The van der Waals surface area contributed by atoms with Crippen LogP contribution in [0.25, 0.3) is 66.0 Å². The van der Waals surface area contributed by atoms with Crippen LogP contribution in [0.1, 0.15) is 26.3 Å². The smallest absolute Gasteiger partial charge is 0.0972 e. The highest BCUT2D eigenvalue weighted by Crippen LogP contribution is 2.37. The predicted octanol–water partition coefficient (Wildman–Crippen LogP) is 10.9. The first kappa shape index (κ1) is 27.2. The largest absolute Gasteiger partial charge is 0.354 e. The van der Waals surface area contributed by atoms with E-state index in [4.69, 9.17) is 9.98 Å². The zero-order chi connectivity index (χ0) is 30.0. The Morgan fingerprint density at radius 2 is 1.39 bits per heavy atom. The molecule has 3 aromatic heterocycles. The van der Waals surface area contributed by atoms with Crippen LogP contribution < -0.4 is 0 Å². The van der Waals surface area contributed by atoms with Crippen molar-refractivity contribution in [3.05, 3.63) is 139 Å². The lowest BCUT2D eigenvalue weighted by Crippen LogP contribution is -1.93. The monoisotopic (exact) mass is 568 g/mol. The third-order valence-corrected chi connectivity index (χ3v) is 8.02. The second-order valence-corrected chi connectivity index (χ2v) is 10.6. The molecule has 0 bridgehead atoms. The fourth-order valence-electron chi connectivity index (χ4n) is 5.89. The van der Waals surface area contributed by atoms with Crippen LogP contribution in [0.5, 0.6) is 0 Å². The molecule has 3 heterocycles. The van der Waals surface area contributed by atoms with Gasteiger partial charge in [-0.2, -0.15) is 0 Å². The van der Waals surface area contributed by atoms with Crippen LogP contribution in [0.2, 0.25) is 0 Å². The molecule has 4 heteroatoms. The van der Waals surface area contributed by atoms with E-state index in [0.29, 0.717) is 0 Å². The summed E-state index contributed by atoms with van der Waals surface area (Å²) in [7, 11) is 0. The molecule has 0 radical (unpaired) electrons. The van der Waals surface area contributed by atoms with Crippen LogP contribution in [-0.2, 0) is 0 Å². The number of aromatic nitrogens is 3. The number of hydrogen-bond acceptors (Lipinski definition) is 3. The van der Waals surface area contributed by atoms with Gasteiger partial charge in [0.15, 0.2) is 0 Å². The van der Waals surface area contributed by atoms with E-state index in [-0.39, 0.29) is 0 Å². The van der Waals surface area contributed by atoms with Crippen LogP contribution in [-0.4, -0.2) is 20.7 Å². The van der Waals surface area contributed by atoms with E-state index in [1.807, 2.05) is 56.4 Å². The molecule has 0 amide bonds. The van der Waals surface area contributed by atoms with Crippen LogP contribution >= 0.6 is 0 Å². The van der Waals surface area contributed by atoms with Gasteiger partial charge in [0.05, 0.1) is 22.4 Å². The highest BCUT2D eigenvalue weighted by atomic mass is 14.8. The minimum atomic E-state index is 0.927. The number of fused-ring (bicyclic) bond motifs is 6. The number of H-pyrrole nitrogens is 1. The maximum Gasteiger partial charge on any atom is 0.0972 e. The van der Waals surface area contributed by atoms with Gasteiger partial charge in [-0.15, -0.1) is 0 Å². The summed E-state index contributed by atoms with van der Waals surface area (Å²) >= 11 is 0. The van der Waals surface area contributed by atoms with E-state index in [0.717, 1.165) is 61.1 Å². The van der Waals surface area contributed by atoms with Crippen molar-refractivity contribution >= 4 is 55.0 Å². The van der Waals surface area contributed by atoms with Gasteiger partial charge in [-0.05, 0) is 66.1 Å². The SMILES string of the molecule is CC.CC(=Nc1ccccc1)c1ccc(-c2cccc3[nH]c4ccc(-c5ccc6ccc7cccnc7c6n5)cc4c23)cc1. The van der Waals surface area contributed by atoms with Crippen molar-refractivity contribution in [2.45, 2.75) is 20.8 Å². The molecular formula is C40H32N4. The number of nitrogens with zero attached hydrogens (tertiary/aromatic N) is 3. The van der Waals surface area contributed by atoms with E-state index in [1.54, 1.807) is 0 Å². The van der Waals surface area contributed by atoms with E-state index >= 15 is 0 Å². The second-order valence-electron chi connectivity index (χ2n) is 10.6. The van der Waals surface area contributed by atoms with Gasteiger partial charge in [0, 0.05) is 50.1 Å². The lowest BCUT2D eigenvalue weighted by Gasteiger charge is -2.08. The zero-order valence-corrected chi connectivity index (χ0v) is 25.0. The van der Waals surface area contributed by atoms with E-state index in [2.05, 4.69) is 108 Å². The molecule has 8 rings (SSSR count). The van der Waals surface area contributed by atoms with Crippen LogP contribution in [0.4, 0.5) is 5.69 Å². The van der Waals surface area contributed by atoms with Crippen molar-refractivity contribution in [1.82, 2.24) is 15.0 Å². The highest BCUT2D eigenvalue weighted by molar-refractivity contribution is 6.15. The quantitative estimate of drug-likeness (QED) is 0.170. The summed E-state index contributed by atoms with van der Waals surface area (Å²) in [5.41, 5.74) is 11.5. The van der Waals surface area contributed by atoms with Gasteiger partial charge in [0.25, 0.3) is 0 Å². The molecule has 0 spiro atoms. The third-order valence-electron chi connectivity index (χ3n) is 8.02. The van der Waals surface area contributed by atoms with Crippen molar-refractivity contribution < 1.29 is 0 Å². The molecule has 0 atom stereocenters. The number of aromatic amines is 1. The summed E-state index contributed by atoms with van der Waals surface area (Å²) in [6.07, 6.45) is 1.83. The fourth-order valence-corrected chi connectivity index (χ4v) is 5.89. The first-order chi connectivity index (χ1) is 21.7. The second kappa shape index (κ2) is 11.6. The first-order valence-corrected chi connectivity index (χ1v) is 15.1. The van der Waals surface area contributed by atoms with E-state index < -0.39 is 0 Å². The Balaban J connectivity index is 0.00000153. The van der Waals surface area contributed by atoms with Crippen molar-refractivity contribution in [3.63, 3.8) is 0 Å². The lowest BCUT2D eigenvalue weighted by molar-refractivity contribution is 1.37. The van der Waals surface area contributed by atoms with Gasteiger partial charge < -0.3 is 4.98 Å². The van der Waals surface area contributed by atoms with Gasteiger partial charge in [-0.25, -0.2) is 4.98 Å². The molecule has 0 saturated heterocycles. The first-order valence-electron chi connectivity index (χ1n) is 15.1. The summed E-state index contributed by atoms with van der Waals surface area (Å²) in [6, 6.07) is 44.3. The zero-order valence-electron chi connectivity index (χ0n) is 25.0. The molecule has 0 fully saturated rings. The fraction of sp³-hybridized carbons (Fsp3) is 0.0750. The third kappa shape index (κ3) is 4.91. The lowest BCUT2D eigenvalue weighted by atomic mass is 9.97. The summed E-state index contributed by atoms with van der Waals surface area (Å²) in [5, 5.41) is 4.58. The number of rotatable bonds is 4. The van der Waals surface area contributed by atoms with Gasteiger partial charge in [-0.1, -0.05) is 98.8 Å². The number of nitrogens with one attached hydrogen (secondary N) is 1. The molecule has 0 unspecified atom stereocenters. The molecule has 0 aliphatic rings. The number of hydrogen-bond donors (Lipinski definition) is 1. The Kier molecular flexibility index (Phi) is 7.17. The normalized spacial score (nSPS) is 11.7. The van der Waals surface area contributed by atoms with Gasteiger partial charge in [-0.3, -0.25) is 9.98 Å². The van der Waals surface area contributed by atoms with Gasteiger partial charge >= 0.3 is 0 Å². The van der Waals surface area contributed by atoms with Crippen molar-refractivity contribution in [2.24, 2.45) is 4.99 Å². The molecule has 0 aliphatic carbocycles. The summed E-state index contributed by atoms with van der Waals surface area (Å²) in [5.74, 6) is 0. The van der Waals surface area contributed by atoms with Gasteiger partial charge in [0.1, 0.15) is 0 Å². The number of pyridine rings is 2. The molecule has 1 N–H and O–H groups in total. The Morgan fingerprint density at radius 3 is 2.20 bits per heavy atom. The van der Waals surface area contributed by atoms with Crippen LogP contribution in [0.3, 0.4) is 0 Å². The molecule has 5 aromatic carbocycles.